The van der Waals surface area contributed by atoms with Gasteiger partial charge in [-0.2, -0.15) is 4.98 Å². The zero-order valence-corrected chi connectivity index (χ0v) is 32.7. The Hall–Kier alpha value is -5.17. The molecule has 3 atom stereocenters. The van der Waals surface area contributed by atoms with Crippen molar-refractivity contribution in [2.75, 3.05) is 5.73 Å². The summed E-state index contributed by atoms with van der Waals surface area (Å²) in [5.74, 6) is 3.19. The molecular weight excluding hydrogens is 707 g/mol. The first-order valence-electron chi connectivity index (χ1n) is 20.2. The standard InChI is InChI=1S/C43H55N9O4/c1-25-13-31(53)14-26(2)33(25)19-35(47-39(54)34(44)8-6-11-52-12-10-46-42(52)45)40(55)48-36(18-30-24-51(3)37-9-5-4-7-32(30)37)41-49-38(50-56-41)23-43-20-27-15-28(21-43)17-29(16-27)22-43/h4-5,7,9-10,12-14,24,27-29,34-36,53H,6,8,11,15-23,44H2,1-3H3,(H2,45,46)(H,47,54)(H,48,55). The van der Waals surface area contributed by atoms with E-state index in [-0.39, 0.29) is 17.6 Å². The molecule has 4 aliphatic carbocycles. The molecule has 3 aromatic heterocycles. The SMILES string of the molecule is Cc1cc(O)cc(C)c1CC(NC(=O)C(N)CCCn1ccnc1N)C(=O)NC(Cc1cn(C)c2ccccc12)c1nc(CC23CC4CC(CC(C4)C2)C3)no1. The number of carbonyl (C=O) groups excluding carboxylic acids is 2. The first kappa shape index (κ1) is 37.7. The summed E-state index contributed by atoms with van der Waals surface area (Å²) in [4.78, 5) is 37.4. The number of fused-ring (bicyclic) bond motifs is 1. The maximum Gasteiger partial charge on any atom is 0.249 e. The molecule has 4 bridgehead atoms. The summed E-state index contributed by atoms with van der Waals surface area (Å²) < 4.78 is 9.94. The van der Waals surface area contributed by atoms with Gasteiger partial charge in [0.05, 0.1) is 6.04 Å². The number of rotatable bonds is 15. The Balaban J connectivity index is 1.05. The fraction of sp³-hybridized carbons (Fsp3) is 0.512. The number of imidazole rings is 1. The molecule has 2 amide bonds. The second-order valence-electron chi connectivity index (χ2n) is 17.2. The summed E-state index contributed by atoms with van der Waals surface area (Å²) in [6.07, 6.45) is 15.6. The van der Waals surface area contributed by atoms with E-state index in [9.17, 15) is 14.7 Å². The van der Waals surface area contributed by atoms with Crippen molar-refractivity contribution in [1.82, 2.24) is 34.9 Å². The second kappa shape index (κ2) is 15.4. The predicted molar refractivity (Wildman–Crippen MR) is 213 cm³/mol. The third-order valence-corrected chi connectivity index (χ3v) is 12.9. The maximum absolute atomic E-state index is 14.6. The number of amides is 2. The van der Waals surface area contributed by atoms with Gasteiger partial charge >= 0.3 is 0 Å². The Morgan fingerprint density at radius 1 is 1.02 bits per heavy atom. The molecule has 3 heterocycles. The van der Waals surface area contributed by atoms with Gasteiger partial charge in [0, 0.05) is 62.3 Å². The summed E-state index contributed by atoms with van der Waals surface area (Å²) in [5, 5.41) is 22.1. The number of nitrogens with one attached hydrogen (secondary N) is 2. The van der Waals surface area contributed by atoms with Crippen LogP contribution >= 0.6 is 0 Å². The highest BCUT2D eigenvalue weighted by Crippen LogP contribution is 2.61. The van der Waals surface area contributed by atoms with Crippen LogP contribution in [0, 0.1) is 37.0 Å². The minimum atomic E-state index is -0.982. The van der Waals surface area contributed by atoms with Crippen LogP contribution < -0.4 is 22.1 Å². The first-order chi connectivity index (χ1) is 26.9. The van der Waals surface area contributed by atoms with Crippen LogP contribution in [0.5, 0.6) is 5.75 Å². The van der Waals surface area contributed by atoms with Gasteiger partial charge in [-0.05, 0) is 129 Å². The quantitative estimate of drug-likeness (QED) is 0.0935. The third kappa shape index (κ3) is 7.91. The van der Waals surface area contributed by atoms with E-state index >= 15 is 0 Å². The Bertz CT molecular complexity index is 2160. The zero-order valence-electron chi connectivity index (χ0n) is 32.7. The Kier molecular flexibility index (Phi) is 10.4. The number of hydrogen-bond acceptors (Lipinski definition) is 9. The molecule has 2 aromatic carbocycles. The van der Waals surface area contributed by atoms with Crippen LogP contribution in [-0.4, -0.2) is 53.3 Å². The van der Waals surface area contributed by atoms with E-state index in [0.717, 1.165) is 57.3 Å². The average molecular weight is 762 g/mol. The van der Waals surface area contributed by atoms with Crippen molar-refractivity contribution < 1.29 is 19.2 Å². The van der Waals surface area contributed by atoms with Crippen molar-refractivity contribution in [3.05, 3.63) is 89.0 Å². The Labute approximate surface area is 327 Å². The van der Waals surface area contributed by atoms with Crippen LogP contribution in [0.2, 0.25) is 0 Å². The van der Waals surface area contributed by atoms with Crippen molar-refractivity contribution in [3.63, 3.8) is 0 Å². The number of nitrogens with zero attached hydrogens (tertiary/aromatic N) is 5. The highest BCUT2D eigenvalue weighted by atomic mass is 16.5. The number of para-hydroxylation sites is 1. The lowest BCUT2D eigenvalue weighted by atomic mass is 9.49. The highest BCUT2D eigenvalue weighted by Gasteiger charge is 2.51. The van der Waals surface area contributed by atoms with E-state index in [4.69, 9.17) is 21.0 Å². The van der Waals surface area contributed by atoms with E-state index in [1.165, 1.54) is 38.5 Å². The molecule has 13 heteroatoms. The lowest BCUT2D eigenvalue weighted by molar-refractivity contribution is -0.130. The van der Waals surface area contributed by atoms with Gasteiger partial charge in [0.15, 0.2) is 11.8 Å². The Morgan fingerprint density at radius 2 is 1.71 bits per heavy atom. The molecule has 4 aliphatic rings. The lowest BCUT2D eigenvalue weighted by Gasteiger charge is -2.56. The number of anilines is 1. The van der Waals surface area contributed by atoms with Crippen LogP contribution in [0.4, 0.5) is 5.95 Å². The lowest BCUT2D eigenvalue weighted by Crippen LogP contribution is -2.53. The minimum Gasteiger partial charge on any atom is -0.508 e. The molecule has 296 valence electrons. The number of phenolic OH excluding ortho intramolecular Hbond substituents is 1. The summed E-state index contributed by atoms with van der Waals surface area (Å²) >= 11 is 0. The summed E-state index contributed by atoms with van der Waals surface area (Å²) in [5.41, 5.74) is 17.2. The van der Waals surface area contributed by atoms with Gasteiger partial charge in [0.1, 0.15) is 17.8 Å². The van der Waals surface area contributed by atoms with Crippen LogP contribution in [0.25, 0.3) is 10.9 Å². The van der Waals surface area contributed by atoms with Crippen molar-refractivity contribution in [2.45, 2.75) is 109 Å². The van der Waals surface area contributed by atoms with E-state index in [2.05, 4.69) is 43.7 Å². The number of phenols is 1. The van der Waals surface area contributed by atoms with Crippen LogP contribution in [0.1, 0.15) is 91.4 Å². The number of nitrogens with two attached hydrogens (primary N) is 2. The number of benzene rings is 2. The first-order valence-corrected chi connectivity index (χ1v) is 20.2. The molecule has 9 rings (SSSR count). The fourth-order valence-electron chi connectivity index (χ4n) is 10.7. The molecule has 4 saturated carbocycles. The van der Waals surface area contributed by atoms with Gasteiger partial charge in [0.25, 0.3) is 0 Å². The van der Waals surface area contributed by atoms with Gasteiger partial charge < -0.3 is 40.9 Å². The van der Waals surface area contributed by atoms with Gasteiger partial charge in [-0.1, -0.05) is 23.4 Å². The largest absolute Gasteiger partial charge is 0.508 e. The fourth-order valence-corrected chi connectivity index (χ4v) is 10.7. The van der Waals surface area contributed by atoms with Crippen molar-refractivity contribution >= 4 is 28.7 Å². The van der Waals surface area contributed by atoms with Gasteiger partial charge in [-0.25, -0.2) is 4.98 Å². The predicted octanol–water partition coefficient (Wildman–Crippen LogP) is 5.36. The highest BCUT2D eigenvalue weighted by molar-refractivity contribution is 5.90. The van der Waals surface area contributed by atoms with Gasteiger partial charge in [-0.3, -0.25) is 9.59 Å². The molecule has 56 heavy (non-hydrogen) atoms. The van der Waals surface area contributed by atoms with E-state index in [1.54, 1.807) is 29.1 Å². The number of carbonyl (C=O) groups is 2. The maximum atomic E-state index is 14.6. The zero-order chi connectivity index (χ0) is 39.1. The number of hydrogen-bond donors (Lipinski definition) is 5. The smallest absolute Gasteiger partial charge is 0.249 e. The number of aryl methyl sites for hydroxylation is 4. The molecule has 0 aliphatic heterocycles. The molecular formula is C43H55N9O4. The van der Waals surface area contributed by atoms with E-state index in [0.29, 0.717) is 43.5 Å². The summed E-state index contributed by atoms with van der Waals surface area (Å²) in [6.45, 7) is 4.34. The topological polar surface area (TPSA) is 192 Å². The molecule has 0 saturated heterocycles. The van der Waals surface area contributed by atoms with Crippen molar-refractivity contribution in [3.8, 4) is 5.75 Å². The molecule has 7 N–H and O–H groups in total. The average Bonchev–Trinajstić information content (AvgIpc) is 3.86. The second-order valence-corrected chi connectivity index (χ2v) is 17.2. The number of nitrogen functional groups attached to an aromatic ring is 1. The van der Waals surface area contributed by atoms with Crippen LogP contribution in [0.15, 0.2) is 59.5 Å². The van der Waals surface area contributed by atoms with Gasteiger partial charge in [0.2, 0.25) is 17.7 Å². The summed E-state index contributed by atoms with van der Waals surface area (Å²) in [6, 6.07) is 9.01. The van der Waals surface area contributed by atoms with E-state index < -0.39 is 29.9 Å². The van der Waals surface area contributed by atoms with Crippen LogP contribution in [-0.2, 0) is 42.4 Å². The minimum absolute atomic E-state index is 0.144. The molecule has 0 spiro atoms. The molecule has 0 radical (unpaired) electrons. The van der Waals surface area contributed by atoms with Crippen LogP contribution in [0.3, 0.4) is 0 Å². The monoisotopic (exact) mass is 761 g/mol. The Morgan fingerprint density at radius 3 is 2.39 bits per heavy atom. The number of aromatic hydroxyl groups is 1. The van der Waals surface area contributed by atoms with Crippen molar-refractivity contribution in [2.24, 2.45) is 36.0 Å². The molecule has 3 unspecified atom stereocenters. The van der Waals surface area contributed by atoms with Crippen molar-refractivity contribution in [1.29, 1.82) is 0 Å². The molecule has 5 aromatic rings. The molecule has 4 fully saturated rings. The third-order valence-electron chi connectivity index (χ3n) is 12.9. The number of aromatic nitrogens is 5. The van der Waals surface area contributed by atoms with E-state index in [1.807, 2.05) is 33.0 Å². The summed E-state index contributed by atoms with van der Waals surface area (Å²) in [7, 11) is 2.01. The van der Waals surface area contributed by atoms with Gasteiger partial charge in [-0.15, -0.1) is 0 Å². The normalized spacial score (nSPS) is 23.0. The molecule has 13 nitrogen and oxygen atoms in total.